The van der Waals surface area contributed by atoms with E-state index in [1.54, 1.807) is 6.08 Å². The van der Waals surface area contributed by atoms with E-state index < -0.39 is 49.5 Å². The first-order valence-electron chi connectivity index (χ1n) is 42.0. The smallest absolute Gasteiger partial charge is 0.220 e. The highest BCUT2D eigenvalue weighted by Gasteiger charge is 2.44. The molecule has 0 saturated carbocycles. The lowest BCUT2D eigenvalue weighted by molar-refractivity contribution is -0.302. The van der Waals surface area contributed by atoms with Crippen molar-refractivity contribution in [1.29, 1.82) is 0 Å². The summed E-state index contributed by atoms with van der Waals surface area (Å²) in [5, 5.41) is 54.9. The maximum absolute atomic E-state index is 13.2. The lowest BCUT2D eigenvalue weighted by Gasteiger charge is -2.40. The van der Waals surface area contributed by atoms with Gasteiger partial charge in [-0.05, 0) is 77.0 Å². The van der Waals surface area contributed by atoms with Gasteiger partial charge in [0.05, 0.1) is 25.4 Å². The number of carbonyl (C=O) groups excluding carboxylic acids is 1. The molecule has 1 aliphatic rings. The molecule has 0 spiro atoms. The van der Waals surface area contributed by atoms with Crippen LogP contribution in [0, 0.1) is 0 Å². The quantitative estimate of drug-likeness (QED) is 0.0261. The standard InChI is InChI=1S/C86H161NO8/c1-3-5-7-9-11-13-15-17-19-21-23-25-27-29-31-33-35-36-37-38-39-40-41-42-43-44-46-48-50-52-54-56-58-60-62-64-66-68-70-72-74-76-82(90)87-79(78-94-86-85(93)84(92)83(91)81(77-88)95-86)80(89)75-73-71-69-67-65-63-61-59-57-55-53-51-49-47-45-34-32-30-28-26-24-22-20-18-16-14-12-10-8-6-4-2/h15,17,21,23,57,59,65,67,73,75,79-81,83-86,88-89,91-93H,3-14,16,18-20,22,24-56,58,60-64,66,68-72,74,76-78H2,1-2H3,(H,87,90)/b17-15-,23-21-,59-57+,67-65+,75-73+. The first-order valence-corrected chi connectivity index (χ1v) is 42.0. The lowest BCUT2D eigenvalue weighted by atomic mass is 9.99. The van der Waals surface area contributed by atoms with Crippen LogP contribution in [0.3, 0.4) is 0 Å². The Labute approximate surface area is 589 Å². The minimum absolute atomic E-state index is 0.183. The summed E-state index contributed by atoms with van der Waals surface area (Å²) in [6.45, 7) is 3.81. The molecular weight excluding hydrogens is 1170 g/mol. The van der Waals surface area contributed by atoms with E-state index in [1.807, 2.05) is 6.08 Å². The molecule has 0 aromatic carbocycles. The van der Waals surface area contributed by atoms with Crippen molar-refractivity contribution in [2.75, 3.05) is 13.2 Å². The second-order valence-electron chi connectivity index (χ2n) is 29.3. The highest BCUT2D eigenvalue weighted by molar-refractivity contribution is 5.76. The van der Waals surface area contributed by atoms with Crippen LogP contribution in [-0.2, 0) is 14.3 Å². The highest BCUT2D eigenvalue weighted by Crippen LogP contribution is 2.24. The predicted octanol–water partition coefficient (Wildman–Crippen LogP) is 24.4. The summed E-state index contributed by atoms with van der Waals surface area (Å²) in [7, 11) is 0. The minimum Gasteiger partial charge on any atom is -0.394 e. The van der Waals surface area contributed by atoms with Crippen molar-refractivity contribution in [3.8, 4) is 0 Å². The average Bonchev–Trinajstić information content (AvgIpc) is 0.836. The number of allylic oxidation sites excluding steroid dienone is 9. The number of carbonyl (C=O) groups is 1. The first kappa shape index (κ1) is 90.9. The lowest BCUT2D eigenvalue weighted by Crippen LogP contribution is -2.60. The molecule has 7 atom stereocenters. The van der Waals surface area contributed by atoms with Crippen LogP contribution in [0.1, 0.15) is 425 Å². The molecule has 1 amide bonds. The molecule has 1 heterocycles. The number of aliphatic hydroxyl groups is 5. The molecule has 0 radical (unpaired) electrons. The van der Waals surface area contributed by atoms with E-state index in [2.05, 4.69) is 67.8 Å². The van der Waals surface area contributed by atoms with E-state index in [0.29, 0.717) is 6.42 Å². The molecule has 0 aromatic heterocycles. The van der Waals surface area contributed by atoms with Crippen LogP contribution in [0.15, 0.2) is 60.8 Å². The van der Waals surface area contributed by atoms with E-state index in [4.69, 9.17) is 9.47 Å². The third kappa shape index (κ3) is 62.6. The molecule has 1 fully saturated rings. The largest absolute Gasteiger partial charge is 0.394 e. The highest BCUT2D eigenvalue weighted by atomic mass is 16.7. The Bertz CT molecular complexity index is 1700. The fraction of sp³-hybridized carbons (Fsp3) is 0.872. The number of aliphatic hydroxyl groups excluding tert-OH is 5. The molecule has 9 heteroatoms. The third-order valence-corrected chi connectivity index (χ3v) is 20.0. The second kappa shape index (κ2) is 74.6. The Kier molecular flexibility index (Phi) is 71.4. The van der Waals surface area contributed by atoms with Crippen LogP contribution in [0.2, 0.25) is 0 Å². The van der Waals surface area contributed by atoms with Crippen molar-refractivity contribution in [3.63, 3.8) is 0 Å². The van der Waals surface area contributed by atoms with Gasteiger partial charge in [-0.1, -0.05) is 402 Å². The number of rotatable bonds is 75. The number of amides is 1. The van der Waals surface area contributed by atoms with Crippen LogP contribution in [0.5, 0.6) is 0 Å². The van der Waals surface area contributed by atoms with Gasteiger partial charge >= 0.3 is 0 Å². The van der Waals surface area contributed by atoms with Gasteiger partial charge in [-0.15, -0.1) is 0 Å². The zero-order valence-electron chi connectivity index (χ0n) is 62.9. The van der Waals surface area contributed by atoms with E-state index in [-0.39, 0.29) is 12.5 Å². The van der Waals surface area contributed by atoms with Gasteiger partial charge < -0.3 is 40.3 Å². The summed E-state index contributed by atoms with van der Waals surface area (Å²) in [4.78, 5) is 13.2. The summed E-state index contributed by atoms with van der Waals surface area (Å²) in [5.74, 6) is -0.183. The summed E-state index contributed by atoms with van der Waals surface area (Å²) >= 11 is 0. The Balaban J connectivity index is 2.06. The predicted molar refractivity (Wildman–Crippen MR) is 410 cm³/mol. The molecule has 1 aliphatic heterocycles. The topological polar surface area (TPSA) is 149 Å². The Morgan fingerprint density at radius 1 is 0.358 bits per heavy atom. The van der Waals surface area contributed by atoms with Crippen LogP contribution in [-0.4, -0.2) is 87.5 Å². The van der Waals surface area contributed by atoms with Crippen molar-refractivity contribution in [3.05, 3.63) is 60.8 Å². The number of hydrogen-bond acceptors (Lipinski definition) is 8. The summed E-state index contributed by atoms with van der Waals surface area (Å²) in [6.07, 6.45) is 98.3. The van der Waals surface area contributed by atoms with Crippen LogP contribution >= 0.6 is 0 Å². The fourth-order valence-corrected chi connectivity index (χ4v) is 13.5. The molecule has 7 unspecified atom stereocenters. The van der Waals surface area contributed by atoms with Crippen molar-refractivity contribution in [1.82, 2.24) is 5.32 Å². The second-order valence-corrected chi connectivity index (χ2v) is 29.3. The Morgan fingerprint density at radius 3 is 0.947 bits per heavy atom. The molecule has 9 nitrogen and oxygen atoms in total. The fourth-order valence-electron chi connectivity index (χ4n) is 13.5. The van der Waals surface area contributed by atoms with E-state index in [9.17, 15) is 30.3 Å². The molecule has 0 bridgehead atoms. The normalized spacial score (nSPS) is 17.7. The molecule has 1 rings (SSSR count). The van der Waals surface area contributed by atoms with Gasteiger partial charge in [0, 0.05) is 6.42 Å². The summed E-state index contributed by atoms with van der Waals surface area (Å²) in [6, 6.07) is -0.831. The molecule has 1 saturated heterocycles. The molecule has 558 valence electrons. The van der Waals surface area contributed by atoms with Gasteiger partial charge in [0.15, 0.2) is 6.29 Å². The van der Waals surface area contributed by atoms with Gasteiger partial charge in [0.25, 0.3) is 0 Å². The van der Waals surface area contributed by atoms with Crippen molar-refractivity contribution in [2.45, 2.75) is 468 Å². The minimum atomic E-state index is -1.58. The van der Waals surface area contributed by atoms with Gasteiger partial charge in [-0.2, -0.15) is 0 Å². The summed E-state index contributed by atoms with van der Waals surface area (Å²) < 4.78 is 11.3. The zero-order chi connectivity index (χ0) is 68.5. The number of ether oxygens (including phenoxy) is 2. The molecule has 0 aromatic rings. The number of hydrogen-bond donors (Lipinski definition) is 6. The first-order chi connectivity index (χ1) is 46.8. The maximum Gasteiger partial charge on any atom is 0.220 e. The third-order valence-electron chi connectivity index (χ3n) is 20.0. The van der Waals surface area contributed by atoms with Gasteiger partial charge in [0.1, 0.15) is 24.4 Å². The van der Waals surface area contributed by atoms with Crippen LogP contribution in [0.4, 0.5) is 0 Å². The number of nitrogens with one attached hydrogen (secondary N) is 1. The van der Waals surface area contributed by atoms with Crippen LogP contribution < -0.4 is 5.32 Å². The van der Waals surface area contributed by atoms with Crippen LogP contribution in [0.25, 0.3) is 0 Å². The van der Waals surface area contributed by atoms with Gasteiger partial charge in [-0.25, -0.2) is 0 Å². The van der Waals surface area contributed by atoms with E-state index in [0.717, 1.165) is 51.4 Å². The van der Waals surface area contributed by atoms with E-state index >= 15 is 0 Å². The Morgan fingerprint density at radius 2 is 0.632 bits per heavy atom. The van der Waals surface area contributed by atoms with Crippen molar-refractivity contribution >= 4 is 5.91 Å². The molecule has 6 N–H and O–H groups in total. The Hall–Kier alpha value is -2.11. The zero-order valence-corrected chi connectivity index (χ0v) is 62.9. The molecular formula is C86H161NO8. The molecule has 95 heavy (non-hydrogen) atoms. The van der Waals surface area contributed by atoms with Gasteiger partial charge in [-0.3, -0.25) is 4.79 Å². The number of unbranched alkanes of at least 4 members (excludes halogenated alkanes) is 57. The maximum atomic E-state index is 13.2. The van der Waals surface area contributed by atoms with Gasteiger partial charge in [0.2, 0.25) is 5.91 Å². The molecule has 0 aliphatic carbocycles. The van der Waals surface area contributed by atoms with Crippen molar-refractivity contribution < 1.29 is 39.8 Å². The summed E-state index contributed by atoms with van der Waals surface area (Å²) in [5.41, 5.74) is 0. The van der Waals surface area contributed by atoms with E-state index in [1.165, 1.54) is 353 Å². The SMILES string of the molecule is CCCCCCC/C=C\C/C=C\CCCCCCCCCCCCCCCCCCCCCCCCCCCCCCCC(=O)NC(COC1OC(CO)C(O)C(O)C1O)C(O)/C=C/CC/C=C/CC/C=C/CCCCCCCCCCCCCCCCCCCCCCC. The monoisotopic (exact) mass is 1340 g/mol. The average molecular weight is 1340 g/mol. The van der Waals surface area contributed by atoms with Crippen molar-refractivity contribution in [2.24, 2.45) is 0 Å².